The molecule has 1 aliphatic rings. The Kier molecular flexibility index (Phi) is 8.59. The van der Waals surface area contributed by atoms with Crippen LogP contribution in [0.25, 0.3) is 0 Å². The van der Waals surface area contributed by atoms with E-state index in [1.807, 2.05) is 0 Å². The minimum atomic E-state index is -0.815. The van der Waals surface area contributed by atoms with Gasteiger partial charge in [-0.15, -0.1) is 11.3 Å². The van der Waals surface area contributed by atoms with Crippen molar-refractivity contribution >= 4 is 40.2 Å². The highest BCUT2D eigenvalue weighted by Crippen LogP contribution is 2.39. The lowest BCUT2D eigenvalue weighted by molar-refractivity contribution is -0.122. The maximum absolute atomic E-state index is 12.5. The summed E-state index contributed by atoms with van der Waals surface area (Å²) in [5.41, 5.74) is 1.41. The summed E-state index contributed by atoms with van der Waals surface area (Å²) in [7, 11) is 0. The van der Waals surface area contributed by atoms with Crippen LogP contribution in [0, 0.1) is 0 Å². The molecule has 0 radical (unpaired) electrons. The number of thiophene rings is 1. The molecular formula is C19H27N3O6S. The molecule has 0 fully saturated rings. The van der Waals surface area contributed by atoms with Gasteiger partial charge in [-0.1, -0.05) is 6.92 Å². The summed E-state index contributed by atoms with van der Waals surface area (Å²) < 4.78 is 9.82. The zero-order valence-electron chi connectivity index (χ0n) is 17.0. The van der Waals surface area contributed by atoms with Crippen molar-refractivity contribution in [2.45, 2.75) is 40.0 Å². The van der Waals surface area contributed by atoms with E-state index in [1.165, 1.54) is 11.3 Å². The van der Waals surface area contributed by atoms with Crippen LogP contribution >= 0.6 is 11.3 Å². The van der Waals surface area contributed by atoms with Crippen LogP contribution in [0.5, 0.6) is 0 Å². The van der Waals surface area contributed by atoms with E-state index in [4.69, 9.17) is 4.74 Å². The first kappa shape index (κ1) is 22.8. The minimum Gasteiger partial charge on any atom is -0.462 e. The average Bonchev–Trinajstić information content (AvgIpc) is 3.21. The lowest BCUT2D eigenvalue weighted by atomic mass is 10.1. The molecule has 160 valence electrons. The van der Waals surface area contributed by atoms with E-state index in [0.29, 0.717) is 17.1 Å². The number of carbonyl (C=O) groups excluding carboxylic acids is 4. The number of rotatable bonds is 9. The number of likely N-dealkylation sites (N-methyl/N-ethyl adjacent to an activating group) is 1. The van der Waals surface area contributed by atoms with Gasteiger partial charge in [-0.25, -0.2) is 9.59 Å². The van der Waals surface area contributed by atoms with Crippen LogP contribution in [0.4, 0.5) is 9.80 Å². The number of fused-ring (bicyclic) bond motifs is 1. The zero-order valence-corrected chi connectivity index (χ0v) is 17.8. The Bertz CT molecular complexity index is 776. The van der Waals surface area contributed by atoms with E-state index in [9.17, 15) is 19.2 Å². The number of hydrogen-bond acceptors (Lipinski definition) is 8. The Balaban J connectivity index is 2.00. The number of anilines is 1. The number of esters is 1. The fraction of sp³-hybridized carbons (Fsp3) is 0.579. The quantitative estimate of drug-likeness (QED) is 0.581. The second-order valence-corrected chi connectivity index (χ2v) is 7.51. The van der Waals surface area contributed by atoms with Crippen molar-refractivity contribution < 1.29 is 28.7 Å². The maximum Gasteiger partial charge on any atom is 0.413 e. The van der Waals surface area contributed by atoms with Gasteiger partial charge in [0.25, 0.3) is 0 Å². The van der Waals surface area contributed by atoms with Gasteiger partial charge in [0.2, 0.25) is 11.8 Å². The number of hydrogen-bond donors (Lipinski definition) is 2. The molecule has 0 aromatic carbocycles. The van der Waals surface area contributed by atoms with Gasteiger partial charge < -0.3 is 14.8 Å². The maximum atomic E-state index is 12.5. The second-order valence-electron chi connectivity index (χ2n) is 6.40. The van der Waals surface area contributed by atoms with Crippen LogP contribution in [0.15, 0.2) is 0 Å². The van der Waals surface area contributed by atoms with Crippen molar-refractivity contribution in [2.24, 2.45) is 0 Å². The highest BCUT2D eigenvalue weighted by Gasteiger charge is 2.28. The third-order valence-corrected chi connectivity index (χ3v) is 5.56. The minimum absolute atomic E-state index is 0.0580. The number of imide groups is 1. The van der Waals surface area contributed by atoms with E-state index in [1.54, 1.807) is 25.7 Å². The van der Waals surface area contributed by atoms with E-state index in [-0.39, 0.29) is 32.2 Å². The predicted octanol–water partition coefficient (Wildman–Crippen LogP) is 1.95. The summed E-state index contributed by atoms with van der Waals surface area (Å²) in [5.74, 6) is -1.33. The summed E-state index contributed by atoms with van der Waals surface area (Å²) >= 11 is 1.40. The molecule has 10 heteroatoms. The molecule has 1 aromatic rings. The van der Waals surface area contributed by atoms with Crippen molar-refractivity contribution in [2.75, 3.05) is 38.2 Å². The second kappa shape index (κ2) is 10.9. The number of alkyl carbamates (subject to hydrolysis) is 1. The standard InChI is InChI=1S/C19H27N3O6S/c1-4-22(11-15(24)21-19(26)28-6-3)10-14(23)20-17-16(18(25)27-5-2)12-8-7-9-13(12)29-17/h4-11H2,1-3H3,(H,20,23)(H,21,24,26). The van der Waals surface area contributed by atoms with Gasteiger partial charge in [-0.3, -0.25) is 19.8 Å². The van der Waals surface area contributed by atoms with Gasteiger partial charge in [0.05, 0.1) is 31.9 Å². The Morgan fingerprint density at radius 3 is 2.34 bits per heavy atom. The smallest absolute Gasteiger partial charge is 0.413 e. The van der Waals surface area contributed by atoms with Crippen molar-refractivity contribution in [1.82, 2.24) is 10.2 Å². The SMILES string of the molecule is CCOC(=O)NC(=O)CN(CC)CC(=O)Nc1sc2c(c1C(=O)OCC)CCC2. The van der Waals surface area contributed by atoms with Gasteiger partial charge in [0.1, 0.15) is 5.00 Å². The summed E-state index contributed by atoms with van der Waals surface area (Å²) in [6.07, 6.45) is 1.86. The zero-order chi connectivity index (χ0) is 21.4. The van der Waals surface area contributed by atoms with E-state index >= 15 is 0 Å². The normalized spacial score (nSPS) is 12.4. The fourth-order valence-corrected chi connectivity index (χ4v) is 4.38. The lowest BCUT2D eigenvalue weighted by Crippen LogP contribution is -2.43. The fourth-order valence-electron chi connectivity index (χ4n) is 3.08. The molecule has 0 spiro atoms. The summed E-state index contributed by atoms with van der Waals surface area (Å²) in [4.78, 5) is 50.8. The molecule has 0 aliphatic heterocycles. The van der Waals surface area contributed by atoms with Gasteiger partial charge in [-0.2, -0.15) is 0 Å². The van der Waals surface area contributed by atoms with Crippen LogP contribution in [0.1, 0.15) is 48.0 Å². The molecule has 1 aliphatic carbocycles. The monoisotopic (exact) mass is 425 g/mol. The highest BCUT2D eigenvalue weighted by atomic mass is 32.1. The van der Waals surface area contributed by atoms with E-state index in [2.05, 4.69) is 15.4 Å². The molecule has 0 unspecified atom stereocenters. The number of ether oxygens (including phenoxy) is 2. The first-order valence-electron chi connectivity index (χ1n) is 9.69. The molecule has 0 saturated carbocycles. The first-order valence-corrected chi connectivity index (χ1v) is 10.5. The van der Waals surface area contributed by atoms with Crippen LogP contribution in [0.3, 0.4) is 0 Å². The molecule has 2 N–H and O–H groups in total. The average molecular weight is 426 g/mol. The number of amides is 3. The Hall–Kier alpha value is -2.46. The molecule has 1 aromatic heterocycles. The van der Waals surface area contributed by atoms with Gasteiger partial charge >= 0.3 is 12.1 Å². The third-order valence-electron chi connectivity index (χ3n) is 4.35. The van der Waals surface area contributed by atoms with Crippen LogP contribution in [-0.2, 0) is 31.9 Å². The molecule has 1 heterocycles. The summed E-state index contributed by atoms with van der Waals surface area (Å²) in [6, 6.07) is 0. The Labute approximate surface area is 173 Å². The largest absolute Gasteiger partial charge is 0.462 e. The Morgan fingerprint density at radius 1 is 1.00 bits per heavy atom. The molecule has 2 rings (SSSR count). The van der Waals surface area contributed by atoms with Crippen molar-refractivity contribution in [3.05, 3.63) is 16.0 Å². The summed E-state index contributed by atoms with van der Waals surface area (Å²) in [6.45, 7) is 5.83. The molecule has 0 atom stereocenters. The molecule has 9 nitrogen and oxygen atoms in total. The van der Waals surface area contributed by atoms with Gasteiger partial charge in [-0.05, 0) is 45.2 Å². The summed E-state index contributed by atoms with van der Waals surface area (Å²) in [5, 5.41) is 5.38. The lowest BCUT2D eigenvalue weighted by Gasteiger charge is -2.19. The molecule has 0 bridgehead atoms. The topological polar surface area (TPSA) is 114 Å². The molecule has 0 saturated heterocycles. The van der Waals surface area contributed by atoms with E-state index in [0.717, 1.165) is 29.7 Å². The molecule has 3 amide bonds. The third kappa shape index (κ3) is 6.26. The molecule has 29 heavy (non-hydrogen) atoms. The molecular weight excluding hydrogens is 398 g/mol. The predicted molar refractivity (Wildman–Crippen MR) is 108 cm³/mol. The van der Waals surface area contributed by atoms with Crippen molar-refractivity contribution in [1.29, 1.82) is 0 Å². The Morgan fingerprint density at radius 2 is 1.69 bits per heavy atom. The number of nitrogens with zero attached hydrogens (tertiary/aromatic N) is 1. The number of nitrogens with one attached hydrogen (secondary N) is 2. The van der Waals surface area contributed by atoms with Crippen molar-refractivity contribution in [3.63, 3.8) is 0 Å². The van der Waals surface area contributed by atoms with E-state index < -0.39 is 18.0 Å². The van der Waals surface area contributed by atoms with Gasteiger partial charge in [0.15, 0.2) is 0 Å². The number of aryl methyl sites for hydroxylation is 1. The van der Waals surface area contributed by atoms with Crippen LogP contribution in [-0.4, -0.2) is 61.6 Å². The number of carbonyl (C=O) groups is 4. The van der Waals surface area contributed by atoms with Crippen LogP contribution in [0.2, 0.25) is 0 Å². The van der Waals surface area contributed by atoms with Gasteiger partial charge in [0, 0.05) is 4.88 Å². The van der Waals surface area contributed by atoms with Crippen LogP contribution < -0.4 is 10.6 Å². The van der Waals surface area contributed by atoms with Crippen molar-refractivity contribution in [3.8, 4) is 0 Å². The first-order chi connectivity index (χ1) is 13.9. The highest BCUT2D eigenvalue weighted by molar-refractivity contribution is 7.17.